The Balaban J connectivity index is 1.77. The Kier molecular flexibility index (Phi) is 4.86. The number of thiophene rings is 1. The molecule has 0 aliphatic heterocycles. The molecule has 2 aromatic rings. The van der Waals surface area contributed by atoms with E-state index >= 15 is 0 Å². The van der Waals surface area contributed by atoms with Gasteiger partial charge in [-0.1, -0.05) is 11.6 Å². The number of carbonyl (C=O) groups is 1. The molecular formula is C14H16ClNO3S. The van der Waals surface area contributed by atoms with Gasteiger partial charge in [-0.05, 0) is 37.6 Å². The SMILES string of the molecule is CC(O)(CNC(=O)CCc1ccc(Cl)s1)c1ccco1. The number of furan rings is 1. The summed E-state index contributed by atoms with van der Waals surface area (Å²) in [4.78, 5) is 12.8. The molecule has 2 N–H and O–H groups in total. The third kappa shape index (κ3) is 4.10. The maximum absolute atomic E-state index is 11.8. The zero-order chi connectivity index (χ0) is 14.6. The van der Waals surface area contributed by atoms with Crippen molar-refractivity contribution in [3.63, 3.8) is 0 Å². The first-order chi connectivity index (χ1) is 9.47. The zero-order valence-electron chi connectivity index (χ0n) is 11.1. The molecule has 2 heterocycles. The van der Waals surface area contributed by atoms with Gasteiger partial charge in [0.1, 0.15) is 11.4 Å². The molecule has 0 aliphatic rings. The summed E-state index contributed by atoms with van der Waals surface area (Å²) in [6.07, 6.45) is 2.50. The highest BCUT2D eigenvalue weighted by atomic mass is 35.5. The van der Waals surface area contributed by atoms with Gasteiger partial charge in [0.05, 0.1) is 17.1 Å². The summed E-state index contributed by atoms with van der Waals surface area (Å²) in [5.41, 5.74) is -1.20. The lowest BCUT2D eigenvalue weighted by Crippen LogP contribution is -2.38. The quantitative estimate of drug-likeness (QED) is 0.862. The highest BCUT2D eigenvalue weighted by Crippen LogP contribution is 2.22. The predicted octanol–water partition coefficient (Wildman–Crippen LogP) is 2.95. The number of halogens is 1. The van der Waals surface area contributed by atoms with Crippen LogP contribution in [0.5, 0.6) is 0 Å². The van der Waals surface area contributed by atoms with Gasteiger partial charge in [0.2, 0.25) is 5.91 Å². The Morgan fingerprint density at radius 2 is 2.30 bits per heavy atom. The van der Waals surface area contributed by atoms with Crippen LogP contribution in [0.3, 0.4) is 0 Å². The molecular weight excluding hydrogens is 298 g/mol. The first-order valence-corrected chi connectivity index (χ1v) is 7.44. The van der Waals surface area contributed by atoms with Gasteiger partial charge in [-0.3, -0.25) is 4.79 Å². The molecule has 0 bridgehead atoms. The molecule has 2 rings (SSSR count). The van der Waals surface area contributed by atoms with Crippen molar-refractivity contribution in [1.82, 2.24) is 5.32 Å². The molecule has 1 amide bonds. The average Bonchev–Trinajstić information content (AvgIpc) is 3.05. The van der Waals surface area contributed by atoms with Crippen molar-refractivity contribution in [2.24, 2.45) is 0 Å². The standard InChI is InChI=1S/C14H16ClNO3S/c1-14(18,11-3-2-8-19-11)9-16-13(17)7-5-10-4-6-12(15)20-10/h2-4,6,8,18H,5,7,9H2,1H3,(H,16,17). The molecule has 4 nitrogen and oxygen atoms in total. The molecule has 0 spiro atoms. The third-order valence-electron chi connectivity index (χ3n) is 2.91. The third-order valence-corrected chi connectivity index (χ3v) is 4.20. The first-order valence-electron chi connectivity index (χ1n) is 6.25. The van der Waals surface area contributed by atoms with E-state index in [1.165, 1.54) is 17.6 Å². The molecule has 0 saturated carbocycles. The summed E-state index contributed by atoms with van der Waals surface area (Å²) in [5, 5.41) is 12.9. The van der Waals surface area contributed by atoms with Gasteiger partial charge in [-0.15, -0.1) is 11.3 Å². The number of aryl methyl sites for hydroxylation is 1. The summed E-state index contributed by atoms with van der Waals surface area (Å²) in [5.74, 6) is 0.323. The Morgan fingerprint density at radius 3 is 2.90 bits per heavy atom. The van der Waals surface area contributed by atoms with E-state index in [0.29, 0.717) is 18.6 Å². The van der Waals surface area contributed by atoms with E-state index in [0.717, 1.165) is 9.21 Å². The van der Waals surface area contributed by atoms with Crippen LogP contribution in [0.15, 0.2) is 34.9 Å². The van der Waals surface area contributed by atoms with Crippen LogP contribution in [-0.4, -0.2) is 17.6 Å². The van der Waals surface area contributed by atoms with Crippen molar-refractivity contribution in [3.05, 3.63) is 45.5 Å². The van der Waals surface area contributed by atoms with E-state index in [9.17, 15) is 9.90 Å². The number of hydrogen-bond donors (Lipinski definition) is 2. The Labute approximate surface area is 126 Å². The number of carbonyl (C=O) groups excluding carboxylic acids is 1. The topological polar surface area (TPSA) is 62.5 Å². The van der Waals surface area contributed by atoms with Gasteiger partial charge < -0.3 is 14.8 Å². The van der Waals surface area contributed by atoms with Crippen LogP contribution in [0.2, 0.25) is 4.34 Å². The minimum atomic E-state index is -1.20. The van der Waals surface area contributed by atoms with Gasteiger partial charge in [0, 0.05) is 11.3 Å². The molecule has 1 atom stereocenters. The van der Waals surface area contributed by atoms with Crippen LogP contribution in [0.1, 0.15) is 24.0 Å². The highest BCUT2D eigenvalue weighted by Gasteiger charge is 2.26. The van der Waals surface area contributed by atoms with Gasteiger partial charge in [-0.2, -0.15) is 0 Å². The van der Waals surface area contributed by atoms with Gasteiger partial charge in [0.25, 0.3) is 0 Å². The van der Waals surface area contributed by atoms with Crippen molar-refractivity contribution >= 4 is 28.8 Å². The number of aliphatic hydroxyl groups is 1. The summed E-state index contributed by atoms with van der Waals surface area (Å²) >= 11 is 7.30. The number of rotatable bonds is 6. The van der Waals surface area contributed by atoms with Crippen LogP contribution in [0.25, 0.3) is 0 Å². The maximum atomic E-state index is 11.8. The smallest absolute Gasteiger partial charge is 0.220 e. The molecule has 108 valence electrons. The summed E-state index contributed by atoms with van der Waals surface area (Å²) in [6.45, 7) is 1.72. The lowest BCUT2D eigenvalue weighted by Gasteiger charge is -2.21. The molecule has 0 fully saturated rings. The van der Waals surface area contributed by atoms with Crippen LogP contribution in [-0.2, 0) is 16.8 Å². The van der Waals surface area contributed by atoms with E-state index < -0.39 is 5.60 Å². The summed E-state index contributed by atoms with van der Waals surface area (Å²) in [7, 11) is 0. The minimum Gasteiger partial charge on any atom is -0.466 e. The van der Waals surface area contributed by atoms with Crippen molar-refractivity contribution in [2.45, 2.75) is 25.4 Å². The zero-order valence-corrected chi connectivity index (χ0v) is 12.6. The molecule has 20 heavy (non-hydrogen) atoms. The number of amides is 1. The van der Waals surface area contributed by atoms with E-state index in [1.807, 2.05) is 12.1 Å². The fourth-order valence-electron chi connectivity index (χ4n) is 1.75. The molecule has 0 aromatic carbocycles. The Bertz CT molecular complexity index is 563. The van der Waals surface area contributed by atoms with Crippen molar-refractivity contribution in [3.8, 4) is 0 Å². The monoisotopic (exact) mass is 313 g/mol. The van der Waals surface area contributed by atoms with Crippen molar-refractivity contribution < 1.29 is 14.3 Å². The summed E-state index contributed by atoms with van der Waals surface area (Å²) in [6, 6.07) is 7.12. The predicted molar refractivity (Wildman–Crippen MR) is 78.9 cm³/mol. The normalized spacial score (nSPS) is 13.9. The lowest BCUT2D eigenvalue weighted by atomic mass is 10.0. The van der Waals surface area contributed by atoms with Gasteiger partial charge in [0.15, 0.2) is 0 Å². The second-order valence-corrected chi connectivity index (χ2v) is 6.53. The van der Waals surface area contributed by atoms with E-state index in [1.54, 1.807) is 19.1 Å². The van der Waals surface area contributed by atoms with E-state index in [4.69, 9.17) is 16.0 Å². The number of hydrogen-bond acceptors (Lipinski definition) is 4. The largest absolute Gasteiger partial charge is 0.466 e. The van der Waals surface area contributed by atoms with Crippen LogP contribution >= 0.6 is 22.9 Å². The molecule has 6 heteroatoms. The van der Waals surface area contributed by atoms with Crippen LogP contribution in [0.4, 0.5) is 0 Å². The van der Waals surface area contributed by atoms with Crippen molar-refractivity contribution in [2.75, 3.05) is 6.54 Å². The fraction of sp³-hybridized carbons (Fsp3) is 0.357. The van der Waals surface area contributed by atoms with Crippen LogP contribution < -0.4 is 5.32 Å². The molecule has 0 radical (unpaired) electrons. The Morgan fingerprint density at radius 1 is 1.50 bits per heavy atom. The Hall–Kier alpha value is -1.30. The second kappa shape index (κ2) is 6.43. The molecule has 1 unspecified atom stereocenters. The average molecular weight is 314 g/mol. The van der Waals surface area contributed by atoms with E-state index in [2.05, 4.69) is 5.32 Å². The van der Waals surface area contributed by atoms with Gasteiger partial charge >= 0.3 is 0 Å². The first kappa shape index (κ1) is 15.1. The fourth-order valence-corrected chi connectivity index (χ4v) is 2.84. The minimum absolute atomic E-state index is 0.110. The molecule has 0 saturated heterocycles. The maximum Gasteiger partial charge on any atom is 0.220 e. The molecule has 0 aliphatic carbocycles. The van der Waals surface area contributed by atoms with Crippen LogP contribution in [0, 0.1) is 0 Å². The lowest BCUT2D eigenvalue weighted by molar-refractivity contribution is -0.122. The summed E-state index contributed by atoms with van der Waals surface area (Å²) < 4.78 is 5.87. The molecule has 2 aromatic heterocycles. The number of nitrogens with one attached hydrogen (secondary N) is 1. The van der Waals surface area contributed by atoms with Crippen molar-refractivity contribution in [1.29, 1.82) is 0 Å². The van der Waals surface area contributed by atoms with Gasteiger partial charge in [-0.25, -0.2) is 0 Å². The van der Waals surface area contributed by atoms with E-state index in [-0.39, 0.29) is 12.5 Å². The highest BCUT2D eigenvalue weighted by molar-refractivity contribution is 7.16. The second-order valence-electron chi connectivity index (χ2n) is 4.73.